The van der Waals surface area contributed by atoms with E-state index in [9.17, 15) is 24.5 Å². The number of amides is 4. The molecule has 2 fully saturated rings. The molecule has 9 nitrogen and oxygen atoms in total. The van der Waals surface area contributed by atoms with Crippen molar-refractivity contribution < 1.29 is 19.3 Å². The van der Waals surface area contributed by atoms with Gasteiger partial charge in [0.15, 0.2) is 0 Å². The summed E-state index contributed by atoms with van der Waals surface area (Å²) in [6, 6.07) is 4.86. The number of carbonyl (C=O) groups is 3. The molecule has 4 aliphatic rings. The fourth-order valence-corrected chi connectivity index (χ4v) is 4.32. The summed E-state index contributed by atoms with van der Waals surface area (Å²) in [5.74, 6) is -0.912. The molecule has 27 heavy (non-hydrogen) atoms. The Hall–Kier alpha value is -3.23. The van der Waals surface area contributed by atoms with Crippen LogP contribution >= 0.6 is 0 Å². The van der Waals surface area contributed by atoms with Crippen molar-refractivity contribution >= 4 is 29.2 Å². The van der Waals surface area contributed by atoms with E-state index in [0.29, 0.717) is 0 Å². The summed E-state index contributed by atoms with van der Waals surface area (Å²) in [6.07, 6.45) is 5.89. The molecular formula is C18H18N4O5. The zero-order valence-electron chi connectivity index (χ0n) is 14.3. The van der Waals surface area contributed by atoms with Gasteiger partial charge in [-0.25, -0.2) is 4.79 Å². The molecule has 3 aliphatic carbocycles. The molecule has 0 spiro atoms. The molecule has 140 valence electrons. The van der Waals surface area contributed by atoms with Gasteiger partial charge in [0, 0.05) is 17.8 Å². The Balaban J connectivity index is 1.38. The molecule has 1 aromatic rings. The summed E-state index contributed by atoms with van der Waals surface area (Å²) in [7, 11) is 0. The fourth-order valence-electron chi connectivity index (χ4n) is 4.32. The van der Waals surface area contributed by atoms with E-state index in [1.165, 1.54) is 24.3 Å². The number of hydrogen-bond acceptors (Lipinski definition) is 5. The second kappa shape index (κ2) is 6.49. The number of fused-ring (bicyclic) bond motifs is 1. The normalized spacial score (nSPS) is 28.2. The zero-order valence-corrected chi connectivity index (χ0v) is 14.3. The number of hydrogen-bond donors (Lipinski definition) is 2. The average molecular weight is 370 g/mol. The molecule has 9 heteroatoms. The van der Waals surface area contributed by atoms with Crippen LogP contribution in [0, 0.1) is 33.8 Å². The van der Waals surface area contributed by atoms with Gasteiger partial charge in [-0.1, -0.05) is 18.2 Å². The lowest BCUT2D eigenvalue weighted by Crippen LogP contribution is -2.43. The van der Waals surface area contributed by atoms with Gasteiger partial charge in [-0.2, -0.15) is 0 Å². The smallest absolute Gasteiger partial charge is 0.320 e. The first kappa shape index (κ1) is 17.2. The third-order valence-corrected chi connectivity index (χ3v) is 5.56. The fraction of sp³-hybridized carbons (Fsp3) is 0.389. The third-order valence-electron chi connectivity index (χ3n) is 5.56. The number of nitro groups is 1. The van der Waals surface area contributed by atoms with Gasteiger partial charge in [0.05, 0.1) is 16.8 Å². The van der Waals surface area contributed by atoms with Crippen molar-refractivity contribution in [1.82, 2.24) is 10.2 Å². The Kier molecular flexibility index (Phi) is 4.14. The minimum atomic E-state index is -0.646. The highest BCUT2D eigenvalue weighted by Crippen LogP contribution is 2.49. The predicted molar refractivity (Wildman–Crippen MR) is 94.3 cm³/mol. The van der Waals surface area contributed by atoms with Crippen LogP contribution in [-0.2, 0) is 9.59 Å². The Morgan fingerprint density at radius 3 is 2.33 bits per heavy atom. The van der Waals surface area contributed by atoms with Crippen molar-refractivity contribution in [3.05, 3.63) is 46.5 Å². The Morgan fingerprint density at radius 2 is 1.78 bits per heavy atom. The van der Waals surface area contributed by atoms with Gasteiger partial charge in [0.2, 0.25) is 11.8 Å². The Morgan fingerprint density at radius 1 is 1.15 bits per heavy atom. The molecule has 5 rings (SSSR count). The molecule has 1 aliphatic heterocycles. The van der Waals surface area contributed by atoms with Gasteiger partial charge in [0.1, 0.15) is 6.67 Å². The summed E-state index contributed by atoms with van der Waals surface area (Å²) >= 11 is 0. The average Bonchev–Trinajstić information content (AvgIpc) is 2.94. The van der Waals surface area contributed by atoms with Crippen LogP contribution in [0.25, 0.3) is 0 Å². The number of benzene rings is 1. The van der Waals surface area contributed by atoms with Crippen LogP contribution in [0.3, 0.4) is 0 Å². The summed E-state index contributed by atoms with van der Waals surface area (Å²) in [4.78, 5) is 48.7. The van der Waals surface area contributed by atoms with E-state index >= 15 is 0 Å². The number of likely N-dealkylation sites (tertiary alicyclic amines) is 1. The number of urea groups is 1. The van der Waals surface area contributed by atoms with E-state index in [1.807, 2.05) is 12.2 Å². The maximum Gasteiger partial charge on any atom is 0.320 e. The van der Waals surface area contributed by atoms with E-state index in [2.05, 4.69) is 10.6 Å². The van der Waals surface area contributed by atoms with Crippen molar-refractivity contribution in [3.8, 4) is 0 Å². The number of anilines is 1. The number of carbonyl (C=O) groups excluding carboxylic acids is 3. The van der Waals surface area contributed by atoms with Crippen molar-refractivity contribution in [2.45, 2.75) is 12.8 Å². The van der Waals surface area contributed by atoms with Gasteiger partial charge < -0.3 is 10.6 Å². The van der Waals surface area contributed by atoms with Crippen LogP contribution in [0.1, 0.15) is 12.8 Å². The first-order valence-corrected chi connectivity index (χ1v) is 8.78. The van der Waals surface area contributed by atoms with E-state index in [1.54, 1.807) is 0 Å². The van der Waals surface area contributed by atoms with E-state index < -0.39 is 11.0 Å². The molecule has 1 saturated carbocycles. The highest BCUT2D eigenvalue weighted by atomic mass is 16.6. The minimum absolute atomic E-state index is 0.0974. The molecular weight excluding hydrogens is 352 g/mol. The second-order valence-corrected chi connectivity index (χ2v) is 7.04. The van der Waals surface area contributed by atoms with Crippen LogP contribution in [0.2, 0.25) is 0 Å². The van der Waals surface area contributed by atoms with Crippen LogP contribution < -0.4 is 10.6 Å². The topological polar surface area (TPSA) is 122 Å². The lowest BCUT2D eigenvalue weighted by molar-refractivity contribution is -0.384. The summed E-state index contributed by atoms with van der Waals surface area (Å²) < 4.78 is 0. The number of nitrogens with one attached hydrogen (secondary N) is 2. The third kappa shape index (κ3) is 2.94. The molecule has 1 heterocycles. The van der Waals surface area contributed by atoms with E-state index in [0.717, 1.165) is 17.7 Å². The molecule has 1 saturated heterocycles. The Labute approximate surface area is 154 Å². The van der Waals surface area contributed by atoms with Gasteiger partial charge in [-0.15, -0.1) is 0 Å². The lowest BCUT2D eigenvalue weighted by atomic mass is 9.63. The summed E-state index contributed by atoms with van der Waals surface area (Å²) in [5, 5.41) is 15.7. The monoisotopic (exact) mass is 370 g/mol. The maximum atomic E-state index is 12.7. The first-order valence-electron chi connectivity index (χ1n) is 8.78. The van der Waals surface area contributed by atoms with Crippen molar-refractivity contribution in [1.29, 1.82) is 0 Å². The van der Waals surface area contributed by atoms with Gasteiger partial charge >= 0.3 is 6.03 Å². The van der Waals surface area contributed by atoms with Crippen LogP contribution in [0.5, 0.6) is 0 Å². The SMILES string of the molecule is O=C(NCN1C(=O)[C@H]2[C@H](C1=O)[C@H]1C=C[C@H]2CC1)Nc1cccc([N+](=O)[O-])c1. The maximum absolute atomic E-state index is 12.7. The van der Waals surface area contributed by atoms with Crippen molar-refractivity contribution in [3.63, 3.8) is 0 Å². The van der Waals surface area contributed by atoms with Gasteiger partial charge in [0.25, 0.3) is 5.69 Å². The molecule has 4 atom stereocenters. The quantitative estimate of drug-likeness (QED) is 0.363. The lowest BCUT2D eigenvalue weighted by Gasteiger charge is -2.38. The molecule has 0 unspecified atom stereocenters. The van der Waals surface area contributed by atoms with Crippen molar-refractivity contribution in [2.75, 3.05) is 12.0 Å². The van der Waals surface area contributed by atoms with Crippen LogP contribution in [0.4, 0.5) is 16.2 Å². The number of nitrogens with zero attached hydrogens (tertiary/aromatic N) is 2. The molecule has 0 aromatic heterocycles. The number of rotatable bonds is 4. The molecule has 4 amide bonds. The second-order valence-electron chi connectivity index (χ2n) is 7.04. The standard InChI is InChI=1S/C18H18N4O5/c23-16-14-10-4-5-11(7-6-10)15(14)17(24)21(16)9-19-18(25)20-12-2-1-3-13(8-12)22(26)27/h1-5,8,10-11,14-15H,6-7,9H2,(H2,19,20,25)/t10-,11-,14+,15+/m0/s1. The number of nitro benzene ring substituents is 1. The minimum Gasteiger partial charge on any atom is -0.320 e. The highest BCUT2D eigenvalue weighted by Gasteiger charge is 2.56. The van der Waals surface area contributed by atoms with E-state index in [4.69, 9.17) is 0 Å². The molecule has 0 radical (unpaired) electrons. The zero-order chi connectivity index (χ0) is 19.1. The number of non-ortho nitro benzene ring substituents is 1. The Bertz CT molecular complexity index is 835. The van der Waals surface area contributed by atoms with Gasteiger partial charge in [-0.3, -0.25) is 24.6 Å². The number of imide groups is 1. The summed E-state index contributed by atoms with van der Waals surface area (Å²) in [6.45, 7) is -0.217. The number of allylic oxidation sites excluding steroid dienone is 2. The van der Waals surface area contributed by atoms with E-state index in [-0.39, 0.29) is 53.5 Å². The predicted octanol–water partition coefficient (Wildman–Crippen LogP) is 1.87. The highest BCUT2D eigenvalue weighted by molar-refractivity contribution is 6.06. The summed E-state index contributed by atoms with van der Waals surface area (Å²) in [5.41, 5.74) is 0.0986. The van der Waals surface area contributed by atoms with Gasteiger partial charge in [-0.05, 0) is 30.7 Å². The van der Waals surface area contributed by atoms with Crippen LogP contribution in [0.15, 0.2) is 36.4 Å². The molecule has 2 N–H and O–H groups in total. The van der Waals surface area contributed by atoms with Crippen LogP contribution in [-0.4, -0.2) is 34.3 Å². The first-order chi connectivity index (χ1) is 13.0. The molecule has 1 aromatic carbocycles. The molecule has 2 bridgehead atoms. The largest absolute Gasteiger partial charge is 0.320 e. The van der Waals surface area contributed by atoms with Crippen molar-refractivity contribution in [2.24, 2.45) is 23.7 Å².